The molecule has 0 saturated heterocycles. The molecular weight excluding hydrogens is 266 g/mol. The Kier molecular flexibility index (Phi) is 4.90. The monoisotopic (exact) mass is 285 g/mol. The molecule has 0 spiro atoms. The fourth-order valence-corrected chi connectivity index (χ4v) is 1.90. The van der Waals surface area contributed by atoms with Gasteiger partial charge in [0.1, 0.15) is 5.82 Å². The molecule has 0 unspecified atom stereocenters. The van der Waals surface area contributed by atoms with Crippen molar-refractivity contribution in [2.75, 3.05) is 31.4 Å². The standard InChI is InChI=1S/C16H19N3O2/c1-19(2)15-8-7-14(10-17-15)18-16(20)13-6-4-5-12(9-13)11-21-3/h4-10H,11H2,1-3H3,(H,18,20). The number of hydrogen-bond acceptors (Lipinski definition) is 4. The van der Waals surface area contributed by atoms with Crippen LogP contribution in [0.1, 0.15) is 15.9 Å². The average Bonchev–Trinajstić information content (AvgIpc) is 2.48. The van der Waals surface area contributed by atoms with Gasteiger partial charge in [0.05, 0.1) is 18.5 Å². The molecule has 1 aromatic carbocycles. The molecular formula is C16H19N3O2. The van der Waals surface area contributed by atoms with Crippen LogP contribution in [0.2, 0.25) is 0 Å². The zero-order valence-corrected chi connectivity index (χ0v) is 12.5. The average molecular weight is 285 g/mol. The van der Waals surface area contributed by atoms with Crippen molar-refractivity contribution in [1.29, 1.82) is 0 Å². The summed E-state index contributed by atoms with van der Waals surface area (Å²) in [4.78, 5) is 18.4. The highest BCUT2D eigenvalue weighted by Gasteiger charge is 2.07. The molecule has 5 heteroatoms. The maximum atomic E-state index is 12.2. The molecule has 0 aliphatic heterocycles. The van der Waals surface area contributed by atoms with Crippen molar-refractivity contribution >= 4 is 17.4 Å². The summed E-state index contributed by atoms with van der Waals surface area (Å²) in [6, 6.07) is 11.1. The van der Waals surface area contributed by atoms with E-state index >= 15 is 0 Å². The maximum absolute atomic E-state index is 12.2. The van der Waals surface area contributed by atoms with E-state index in [1.54, 1.807) is 19.4 Å². The van der Waals surface area contributed by atoms with Gasteiger partial charge in [0.25, 0.3) is 5.91 Å². The Labute approximate surface area is 124 Å². The summed E-state index contributed by atoms with van der Waals surface area (Å²) < 4.78 is 5.07. The van der Waals surface area contributed by atoms with Crippen LogP contribution in [0.3, 0.4) is 0 Å². The third kappa shape index (κ3) is 4.03. The Morgan fingerprint density at radius 2 is 2.10 bits per heavy atom. The van der Waals surface area contributed by atoms with Gasteiger partial charge in [-0.3, -0.25) is 4.79 Å². The Hall–Kier alpha value is -2.40. The van der Waals surface area contributed by atoms with Crippen LogP contribution in [0.4, 0.5) is 11.5 Å². The summed E-state index contributed by atoms with van der Waals surface area (Å²) in [7, 11) is 5.47. The highest BCUT2D eigenvalue weighted by Crippen LogP contribution is 2.14. The predicted octanol–water partition coefficient (Wildman–Crippen LogP) is 2.55. The van der Waals surface area contributed by atoms with Crippen LogP contribution in [0.15, 0.2) is 42.6 Å². The lowest BCUT2D eigenvalue weighted by molar-refractivity contribution is 0.102. The number of ether oxygens (including phenoxy) is 1. The maximum Gasteiger partial charge on any atom is 0.255 e. The largest absolute Gasteiger partial charge is 0.380 e. The molecule has 2 aromatic rings. The van der Waals surface area contributed by atoms with E-state index in [9.17, 15) is 4.79 Å². The van der Waals surface area contributed by atoms with Crippen LogP contribution >= 0.6 is 0 Å². The molecule has 1 aromatic heterocycles. The highest BCUT2D eigenvalue weighted by atomic mass is 16.5. The van der Waals surface area contributed by atoms with Crippen molar-refractivity contribution in [2.45, 2.75) is 6.61 Å². The zero-order chi connectivity index (χ0) is 15.2. The van der Waals surface area contributed by atoms with Gasteiger partial charge in [-0.25, -0.2) is 4.98 Å². The molecule has 1 N–H and O–H groups in total. The van der Waals surface area contributed by atoms with Crippen LogP contribution in [0.5, 0.6) is 0 Å². The van der Waals surface area contributed by atoms with Crippen molar-refractivity contribution in [3.63, 3.8) is 0 Å². The molecule has 0 radical (unpaired) electrons. The van der Waals surface area contributed by atoms with E-state index in [0.717, 1.165) is 11.4 Å². The van der Waals surface area contributed by atoms with Gasteiger partial charge in [-0.15, -0.1) is 0 Å². The third-order valence-electron chi connectivity index (χ3n) is 2.96. The molecule has 2 rings (SSSR count). The predicted molar refractivity (Wildman–Crippen MR) is 83.7 cm³/mol. The zero-order valence-electron chi connectivity index (χ0n) is 12.5. The van der Waals surface area contributed by atoms with Crippen LogP contribution in [-0.4, -0.2) is 32.1 Å². The van der Waals surface area contributed by atoms with E-state index in [-0.39, 0.29) is 5.91 Å². The molecule has 0 atom stereocenters. The lowest BCUT2D eigenvalue weighted by Gasteiger charge is -2.12. The molecule has 5 nitrogen and oxygen atoms in total. The molecule has 110 valence electrons. The molecule has 0 aliphatic rings. The quantitative estimate of drug-likeness (QED) is 0.917. The number of carbonyl (C=O) groups excluding carboxylic acids is 1. The van der Waals surface area contributed by atoms with Gasteiger partial charge in [0.2, 0.25) is 0 Å². The van der Waals surface area contributed by atoms with E-state index < -0.39 is 0 Å². The lowest BCUT2D eigenvalue weighted by atomic mass is 10.1. The van der Waals surface area contributed by atoms with E-state index in [1.165, 1.54) is 0 Å². The van der Waals surface area contributed by atoms with Gasteiger partial charge < -0.3 is 15.0 Å². The Bertz CT molecular complexity index is 609. The first kappa shape index (κ1) is 15.0. The molecule has 0 fully saturated rings. The van der Waals surface area contributed by atoms with E-state index in [2.05, 4.69) is 10.3 Å². The number of hydrogen-bond donors (Lipinski definition) is 1. The van der Waals surface area contributed by atoms with Crippen LogP contribution in [-0.2, 0) is 11.3 Å². The van der Waals surface area contributed by atoms with Gasteiger partial charge in [-0.2, -0.15) is 0 Å². The van der Waals surface area contributed by atoms with Gasteiger partial charge in [0.15, 0.2) is 0 Å². The number of carbonyl (C=O) groups is 1. The number of nitrogens with one attached hydrogen (secondary N) is 1. The lowest BCUT2D eigenvalue weighted by Crippen LogP contribution is -2.14. The summed E-state index contributed by atoms with van der Waals surface area (Å²) in [6.45, 7) is 0.486. The third-order valence-corrected chi connectivity index (χ3v) is 2.96. The Balaban J connectivity index is 2.08. The molecule has 1 amide bonds. The van der Waals surface area contributed by atoms with Crippen molar-refractivity contribution in [3.05, 3.63) is 53.7 Å². The minimum atomic E-state index is -0.160. The number of amides is 1. The second-order valence-corrected chi connectivity index (χ2v) is 4.89. The van der Waals surface area contributed by atoms with Crippen molar-refractivity contribution < 1.29 is 9.53 Å². The van der Waals surface area contributed by atoms with Crippen LogP contribution < -0.4 is 10.2 Å². The van der Waals surface area contributed by atoms with Crippen molar-refractivity contribution in [3.8, 4) is 0 Å². The van der Waals surface area contributed by atoms with Crippen molar-refractivity contribution in [1.82, 2.24) is 4.98 Å². The van der Waals surface area contributed by atoms with E-state index in [1.807, 2.05) is 49.3 Å². The Morgan fingerprint density at radius 1 is 1.29 bits per heavy atom. The Morgan fingerprint density at radius 3 is 2.71 bits per heavy atom. The summed E-state index contributed by atoms with van der Waals surface area (Å²) in [5, 5.41) is 2.83. The van der Waals surface area contributed by atoms with Gasteiger partial charge in [-0.05, 0) is 29.8 Å². The highest BCUT2D eigenvalue weighted by molar-refractivity contribution is 6.04. The number of pyridine rings is 1. The molecule has 0 aliphatic carbocycles. The van der Waals surface area contributed by atoms with Crippen molar-refractivity contribution in [2.24, 2.45) is 0 Å². The number of rotatable bonds is 5. The SMILES string of the molecule is COCc1cccc(C(=O)Nc2ccc(N(C)C)nc2)c1. The first-order valence-corrected chi connectivity index (χ1v) is 6.63. The van der Waals surface area contributed by atoms with Gasteiger partial charge >= 0.3 is 0 Å². The fourth-order valence-electron chi connectivity index (χ4n) is 1.90. The minimum Gasteiger partial charge on any atom is -0.380 e. The normalized spacial score (nSPS) is 10.2. The molecule has 1 heterocycles. The number of anilines is 2. The number of aromatic nitrogens is 1. The summed E-state index contributed by atoms with van der Waals surface area (Å²) in [5.41, 5.74) is 2.23. The minimum absolute atomic E-state index is 0.160. The number of nitrogens with zero attached hydrogens (tertiary/aromatic N) is 2. The summed E-state index contributed by atoms with van der Waals surface area (Å²) in [5.74, 6) is 0.683. The van der Waals surface area contributed by atoms with E-state index in [0.29, 0.717) is 17.9 Å². The first-order chi connectivity index (χ1) is 10.1. The number of benzene rings is 1. The molecule has 21 heavy (non-hydrogen) atoms. The summed E-state index contributed by atoms with van der Waals surface area (Å²) >= 11 is 0. The van der Waals surface area contributed by atoms with Gasteiger partial charge in [0, 0.05) is 26.8 Å². The van der Waals surface area contributed by atoms with Crippen LogP contribution in [0.25, 0.3) is 0 Å². The fraction of sp³-hybridized carbons (Fsp3) is 0.250. The topological polar surface area (TPSA) is 54.5 Å². The number of methoxy groups -OCH3 is 1. The summed E-state index contributed by atoms with van der Waals surface area (Å²) in [6.07, 6.45) is 1.65. The van der Waals surface area contributed by atoms with Crippen LogP contribution in [0, 0.1) is 0 Å². The first-order valence-electron chi connectivity index (χ1n) is 6.63. The molecule has 0 saturated carbocycles. The second-order valence-electron chi connectivity index (χ2n) is 4.89. The van der Waals surface area contributed by atoms with E-state index in [4.69, 9.17) is 4.74 Å². The second kappa shape index (κ2) is 6.85. The smallest absolute Gasteiger partial charge is 0.255 e. The van der Waals surface area contributed by atoms with Gasteiger partial charge in [-0.1, -0.05) is 12.1 Å². The molecule has 0 bridgehead atoms.